The van der Waals surface area contributed by atoms with Crippen molar-refractivity contribution in [2.75, 3.05) is 18.0 Å². The molecule has 2 aliphatic heterocycles. The lowest BCUT2D eigenvalue weighted by Crippen LogP contribution is -2.57. The molecule has 2 amide bonds. The Morgan fingerprint density at radius 2 is 1.86 bits per heavy atom. The number of amides is 2. The predicted molar refractivity (Wildman–Crippen MR) is 141 cm³/mol. The number of carbonyl (C=O) groups excluding carboxylic acids is 1. The molecule has 37 heavy (non-hydrogen) atoms. The smallest absolute Gasteiger partial charge is 0.328 e. The molecule has 0 aromatic heterocycles. The van der Waals surface area contributed by atoms with Gasteiger partial charge in [-0.05, 0) is 75.4 Å². The molecule has 1 aliphatic carbocycles. The van der Waals surface area contributed by atoms with E-state index in [1.807, 2.05) is 26.0 Å². The second-order valence-electron chi connectivity index (χ2n) is 10.7. The minimum Gasteiger partial charge on any atom is -0.491 e. The van der Waals surface area contributed by atoms with Crippen LogP contribution in [0.15, 0.2) is 53.5 Å². The van der Waals surface area contributed by atoms with Crippen molar-refractivity contribution < 1.29 is 18.3 Å². The molecular weight excluding hydrogens is 474 g/mol. The van der Waals surface area contributed by atoms with Crippen molar-refractivity contribution in [3.63, 3.8) is 0 Å². The molecule has 2 heterocycles. The van der Waals surface area contributed by atoms with E-state index in [9.17, 15) is 13.6 Å². The Morgan fingerprint density at radius 1 is 1.11 bits per heavy atom. The molecule has 2 aromatic rings. The molecule has 0 radical (unpaired) electrons. The van der Waals surface area contributed by atoms with E-state index in [4.69, 9.17) is 9.73 Å². The number of aliphatic imine (C=N–C) groups is 1. The van der Waals surface area contributed by atoms with Crippen LogP contribution in [-0.2, 0) is 6.54 Å². The quantitative estimate of drug-likeness (QED) is 0.530. The number of alkyl halides is 1. The van der Waals surface area contributed by atoms with Gasteiger partial charge in [-0.3, -0.25) is 20.1 Å². The van der Waals surface area contributed by atoms with Gasteiger partial charge in [0.15, 0.2) is 0 Å². The van der Waals surface area contributed by atoms with Crippen LogP contribution in [-0.4, -0.2) is 53.7 Å². The third kappa shape index (κ3) is 5.49. The molecule has 5 rings (SSSR count). The number of benzene rings is 2. The van der Waals surface area contributed by atoms with E-state index in [0.29, 0.717) is 37.2 Å². The molecule has 2 atom stereocenters. The maximum atomic E-state index is 14.7. The molecule has 2 aromatic carbocycles. The number of anilines is 1. The van der Waals surface area contributed by atoms with Gasteiger partial charge in [-0.2, -0.15) is 0 Å². The molecule has 2 unspecified atom stereocenters. The van der Waals surface area contributed by atoms with E-state index < -0.39 is 23.6 Å². The average Bonchev–Trinajstić information content (AvgIpc) is 3.12. The Kier molecular flexibility index (Phi) is 7.47. The van der Waals surface area contributed by atoms with Crippen molar-refractivity contribution in [2.45, 2.75) is 82.8 Å². The molecule has 1 saturated carbocycles. The van der Waals surface area contributed by atoms with Crippen LogP contribution < -0.4 is 15.0 Å². The lowest BCUT2D eigenvalue weighted by atomic mass is 9.84. The summed E-state index contributed by atoms with van der Waals surface area (Å²) < 4.78 is 34.8. The zero-order valence-corrected chi connectivity index (χ0v) is 21.6. The van der Waals surface area contributed by atoms with Crippen LogP contribution in [0.3, 0.4) is 0 Å². The van der Waals surface area contributed by atoms with Crippen LogP contribution in [0.4, 0.5) is 19.3 Å². The SMILES string of the molecule is CC(C)Oc1cccc(CN2CCC3(CC2)C(=NC2CCCCC2F)NC(=O)N3c2cccc(F)c2)c1. The van der Waals surface area contributed by atoms with E-state index in [1.54, 1.807) is 17.0 Å². The molecule has 2 saturated heterocycles. The lowest BCUT2D eigenvalue weighted by Gasteiger charge is -2.44. The number of rotatable bonds is 6. The molecule has 8 heteroatoms. The highest BCUT2D eigenvalue weighted by molar-refractivity contribution is 6.19. The zero-order valence-electron chi connectivity index (χ0n) is 21.6. The van der Waals surface area contributed by atoms with Gasteiger partial charge >= 0.3 is 6.03 Å². The fourth-order valence-corrected chi connectivity index (χ4v) is 5.87. The summed E-state index contributed by atoms with van der Waals surface area (Å²) in [5, 5.41) is 2.95. The number of urea groups is 1. The van der Waals surface area contributed by atoms with E-state index in [-0.39, 0.29) is 12.1 Å². The normalized spacial score (nSPS) is 25.2. The number of likely N-dealkylation sites (tertiary alicyclic amines) is 1. The van der Waals surface area contributed by atoms with Crippen molar-refractivity contribution in [1.29, 1.82) is 0 Å². The highest BCUT2D eigenvalue weighted by Gasteiger charge is 2.53. The number of hydrogen-bond acceptors (Lipinski definition) is 4. The minimum absolute atomic E-state index is 0.108. The Hall–Kier alpha value is -3.00. The highest BCUT2D eigenvalue weighted by Crippen LogP contribution is 2.39. The second kappa shape index (κ2) is 10.8. The van der Waals surface area contributed by atoms with Crippen LogP contribution >= 0.6 is 0 Å². The second-order valence-corrected chi connectivity index (χ2v) is 10.7. The fourth-order valence-electron chi connectivity index (χ4n) is 5.87. The maximum absolute atomic E-state index is 14.7. The van der Waals surface area contributed by atoms with Crippen LogP contribution in [0.2, 0.25) is 0 Å². The average molecular weight is 511 g/mol. The van der Waals surface area contributed by atoms with Crippen LogP contribution in [0.5, 0.6) is 5.75 Å². The summed E-state index contributed by atoms with van der Waals surface area (Å²) in [6.07, 6.45) is 3.33. The largest absolute Gasteiger partial charge is 0.491 e. The third-order valence-electron chi connectivity index (χ3n) is 7.67. The Bertz CT molecular complexity index is 1150. The topological polar surface area (TPSA) is 57.2 Å². The summed E-state index contributed by atoms with van der Waals surface area (Å²) in [5.41, 5.74) is 0.907. The van der Waals surface area contributed by atoms with Crippen molar-refractivity contribution in [1.82, 2.24) is 10.2 Å². The number of carbonyl (C=O) groups is 1. The van der Waals surface area contributed by atoms with Crippen LogP contribution in [0.25, 0.3) is 0 Å². The number of halogens is 2. The van der Waals surface area contributed by atoms with E-state index in [1.165, 1.54) is 12.1 Å². The van der Waals surface area contributed by atoms with Crippen molar-refractivity contribution in [3.05, 3.63) is 59.9 Å². The van der Waals surface area contributed by atoms with Crippen LogP contribution in [0.1, 0.15) is 57.9 Å². The number of piperidine rings is 1. The Morgan fingerprint density at radius 3 is 2.59 bits per heavy atom. The number of hydrogen-bond donors (Lipinski definition) is 1. The molecule has 3 aliphatic rings. The first-order valence-electron chi connectivity index (χ1n) is 13.4. The van der Waals surface area contributed by atoms with Crippen molar-refractivity contribution in [3.8, 4) is 5.75 Å². The summed E-state index contributed by atoms with van der Waals surface area (Å²) in [6.45, 7) is 6.22. The van der Waals surface area contributed by atoms with Crippen LogP contribution in [0, 0.1) is 5.82 Å². The van der Waals surface area contributed by atoms with Gasteiger partial charge in [-0.15, -0.1) is 0 Å². The molecule has 198 valence electrons. The number of ether oxygens (including phenoxy) is 1. The fraction of sp³-hybridized carbons (Fsp3) is 0.517. The van der Waals surface area contributed by atoms with Gasteiger partial charge in [0.25, 0.3) is 0 Å². The maximum Gasteiger partial charge on any atom is 0.328 e. The summed E-state index contributed by atoms with van der Waals surface area (Å²) in [4.78, 5) is 22.1. The van der Waals surface area contributed by atoms with Gasteiger partial charge in [-0.25, -0.2) is 13.6 Å². The van der Waals surface area contributed by atoms with E-state index in [0.717, 1.165) is 43.8 Å². The van der Waals surface area contributed by atoms with Gasteiger partial charge in [0.1, 0.15) is 29.1 Å². The predicted octanol–water partition coefficient (Wildman–Crippen LogP) is 5.86. The number of nitrogens with one attached hydrogen (secondary N) is 1. The van der Waals surface area contributed by atoms with Crippen molar-refractivity contribution in [2.24, 2.45) is 4.99 Å². The number of nitrogens with zero attached hydrogens (tertiary/aromatic N) is 3. The van der Waals surface area contributed by atoms with Gasteiger partial charge in [-0.1, -0.05) is 31.0 Å². The monoisotopic (exact) mass is 510 g/mol. The number of amidine groups is 1. The minimum atomic E-state index is -1.00. The Balaban J connectivity index is 1.40. The first kappa shape index (κ1) is 25.6. The lowest BCUT2D eigenvalue weighted by molar-refractivity contribution is 0.182. The first-order valence-corrected chi connectivity index (χ1v) is 13.4. The van der Waals surface area contributed by atoms with Gasteiger partial charge in [0.05, 0.1) is 12.1 Å². The molecular formula is C29H36F2N4O2. The van der Waals surface area contributed by atoms with Gasteiger partial charge in [0, 0.05) is 25.3 Å². The molecule has 3 fully saturated rings. The van der Waals surface area contributed by atoms with E-state index in [2.05, 4.69) is 22.3 Å². The van der Waals surface area contributed by atoms with E-state index >= 15 is 0 Å². The third-order valence-corrected chi connectivity index (χ3v) is 7.67. The van der Waals surface area contributed by atoms with Gasteiger partial charge in [0.2, 0.25) is 0 Å². The van der Waals surface area contributed by atoms with Gasteiger partial charge < -0.3 is 4.74 Å². The molecule has 1 N–H and O–H groups in total. The summed E-state index contributed by atoms with van der Waals surface area (Å²) in [5.74, 6) is 0.984. The highest BCUT2D eigenvalue weighted by atomic mass is 19.1. The molecule has 1 spiro atoms. The zero-order chi connectivity index (χ0) is 26.0. The first-order chi connectivity index (χ1) is 17.8. The molecule has 6 nitrogen and oxygen atoms in total. The Labute approximate surface area is 217 Å². The standard InChI is InChI=1S/C29H36F2N4O2/c1-20(2)37-24-10-5-7-21(17-24)19-34-15-13-29(14-16-34)27(32-26-12-4-3-11-25(26)31)33-28(36)35(29)23-9-6-8-22(30)18-23/h5-10,17-18,20,25-26H,3-4,11-16,19H2,1-2H3,(H,32,33,36). The summed E-state index contributed by atoms with van der Waals surface area (Å²) >= 11 is 0. The van der Waals surface area contributed by atoms with Crippen molar-refractivity contribution >= 4 is 17.6 Å². The summed E-state index contributed by atoms with van der Waals surface area (Å²) in [6, 6.07) is 13.5. The molecule has 0 bridgehead atoms. The summed E-state index contributed by atoms with van der Waals surface area (Å²) in [7, 11) is 0.